The van der Waals surface area contributed by atoms with Crippen LogP contribution in [0.5, 0.6) is 17.2 Å². The molecule has 2 aliphatic rings. The van der Waals surface area contributed by atoms with E-state index in [-0.39, 0.29) is 18.2 Å². The van der Waals surface area contributed by atoms with Crippen LogP contribution in [0.15, 0.2) is 53.4 Å². The molecule has 0 unspecified atom stereocenters. The van der Waals surface area contributed by atoms with E-state index in [9.17, 15) is 14.4 Å². The summed E-state index contributed by atoms with van der Waals surface area (Å²) in [5.74, 6) is 1.11. The lowest BCUT2D eigenvalue weighted by molar-refractivity contribution is -0.127. The van der Waals surface area contributed by atoms with Crippen LogP contribution < -0.4 is 19.5 Å². The first-order valence-corrected chi connectivity index (χ1v) is 12.5. The third-order valence-electron chi connectivity index (χ3n) is 6.00. The fourth-order valence-corrected chi connectivity index (χ4v) is 5.11. The van der Waals surface area contributed by atoms with Crippen LogP contribution in [0.25, 0.3) is 11.8 Å². The van der Waals surface area contributed by atoms with Crippen molar-refractivity contribution < 1.29 is 28.6 Å². The molecule has 2 aliphatic heterocycles. The van der Waals surface area contributed by atoms with E-state index < -0.39 is 17.1 Å². The van der Waals surface area contributed by atoms with Gasteiger partial charge in [-0.05, 0) is 86.6 Å². The Hall–Kier alpha value is -4.18. The summed E-state index contributed by atoms with van der Waals surface area (Å²) in [5, 5.41) is 2.22. The van der Waals surface area contributed by atoms with E-state index in [1.807, 2.05) is 49.6 Å². The van der Waals surface area contributed by atoms with Crippen molar-refractivity contribution in [1.82, 2.24) is 9.47 Å². The van der Waals surface area contributed by atoms with Crippen molar-refractivity contribution in [1.29, 1.82) is 0 Å². The maximum Gasteiger partial charge on any atom is 0.294 e. The summed E-state index contributed by atoms with van der Waals surface area (Å²) in [6.45, 7) is 6.16. The van der Waals surface area contributed by atoms with E-state index in [0.717, 1.165) is 39.3 Å². The van der Waals surface area contributed by atoms with Gasteiger partial charge in [0.2, 0.25) is 12.7 Å². The lowest BCUT2D eigenvalue weighted by atomic mass is 10.2. The summed E-state index contributed by atoms with van der Waals surface area (Å²) >= 11 is 0.824. The number of imide groups is 1. The average molecular weight is 520 g/mol. The Bertz CT molecular complexity index is 1430. The number of carbonyl (C=O) groups excluding carboxylic acids is 3. The van der Waals surface area contributed by atoms with Gasteiger partial charge in [-0.1, -0.05) is 0 Å². The van der Waals surface area contributed by atoms with Gasteiger partial charge in [-0.2, -0.15) is 0 Å². The van der Waals surface area contributed by atoms with Gasteiger partial charge in [-0.25, -0.2) is 0 Å². The molecule has 0 atom stereocenters. The highest BCUT2D eigenvalue weighted by Gasteiger charge is 2.36. The van der Waals surface area contributed by atoms with Gasteiger partial charge in [-0.15, -0.1) is 0 Å². The predicted molar refractivity (Wildman–Crippen MR) is 140 cm³/mol. The highest BCUT2D eigenvalue weighted by molar-refractivity contribution is 8.18. The van der Waals surface area contributed by atoms with Gasteiger partial charge in [-0.3, -0.25) is 19.3 Å². The fourth-order valence-electron chi connectivity index (χ4n) is 4.28. The maximum atomic E-state index is 13.0. The number of carbonyl (C=O) groups is 3. The van der Waals surface area contributed by atoms with Crippen molar-refractivity contribution in [3.05, 3.63) is 70.4 Å². The summed E-state index contributed by atoms with van der Waals surface area (Å²) in [7, 11) is 0. The largest absolute Gasteiger partial charge is 0.494 e. The second kappa shape index (κ2) is 10.1. The SMILES string of the molecule is CCOc1ccc(NC(=O)CN2C(=O)S/C(=C\c3cc(C)n(-c4ccc5c(c4)OCO5)c3C)C2=O)cc1. The molecule has 0 saturated carbocycles. The van der Waals surface area contributed by atoms with Crippen LogP contribution in [-0.2, 0) is 9.59 Å². The Labute approximate surface area is 218 Å². The topological polar surface area (TPSA) is 99.1 Å². The molecular weight excluding hydrogens is 494 g/mol. The molecule has 10 heteroatoms. The van der Waals surface area contributed by atoms with Crippen molar-refractivity contribution in [2.75, 3.05) is 25.3 Å². The van der Waals surface area contributed by atoms with Crippen molar-refractivity contribution in [2.24, 2.45) is 0 Å². The van der Waals surface area contributed by atoms with Gasteiger partial charge in [0, 0.05) is 28.8 Å². The van der Waals surface area contributed by atoms with Gasteiger partial charge < -0.3 is 24.1 Å². The zero-order chi connectivity index (χ0) is 26.1. The summed E-state index contributed by atoms with van der Waals surface area (Å²) in [5.41, 5.74) is 4.11. The first-order valence-electron chi connectivity index (χ1n) is 11.7. The number of nitrogens with one attached hydrogen (secondary N) is 1. The number of hydrogen-bond donors (Lipinski definition) is 1. The average Bonchev–Trinajstić information content (AvgIpc) is 3.52. The standard InChI is InChI=1S/C27H25N3O6S/c1-4-34-21-8-5-19(6-9-21)28-25(31)14-29-26(32)24(37-27(29)33)12-18-11-16(2)30(17(18)3)20-7-10-22-23(13-20)36-15-35-22/h5-13H,4,14-15H2,1-3H3,(H,28,31)/b24-12-. The zero-order valence-electron chi connectivity index (χ0n) is 20.6. The monoisotopic (exact) mass is 519 g/mol. The zero-order valence-corrected chi connectivity index (χ0v) is 21.4. The van der Waals surface area contributed by atoms with E-state index in [1.54, 1.807) is 30.3 Å². The smallest absolute Gasteiger partial charge is 0.294 e. The molecule has 0 aliphatic carbocycles. The van der Waals surface area contributed by atoms with E-state index >= 15 is 0 Å². The molecule has 9 nitrogen and oxygen atoms in total. The number of nitrogens with zero attached hydrogens (tertiary/aromatic N) is 2. The quantitative estimate of drug-likeness (QED) is 0.444. The number of aryl methyl sites for hydroxylation is 1. The van der Waals surface area contributed by atoms with Crippen LogP contribution in [-0.4, -0.2) is 46.5 Å². The molecule has 5 rings (SSSR count). The highest BCUT2D eigenvalue weighted by Crippen LogP contribution is 2.36. The molecule has 1 saturated heterocycles. The Balaban J connectivity index is 1.30. The molecule has 0 radical (unpaired) electrons. The van der Waals surface area contributed by atoms with Crippen LogP contribution in [0.3, 0.4) is 0 Å². The molecule has 0 bridgehead atoms. The number of thioether (sulfide) groups is 1. The first-order chi connectivity index (χ1) is 17.8. The lowest BCUT2D eigenvalue weighted by Crippen LogP contribution is -2.36. The molecule has 1 N–H and O–H groups in total. The van der Waals surface area contributed by atoms with Gasteiger partial charge in [0.05, 0.1) is 11.5 Å². The van der Waals surface area contributed by atoms with E-state index in [2.05, 4.69) is 5.32 Å². The second-order valence-corrected chi connectivity index (χ2v) is 9.47. The predicted octanol–water partition coefficient (Wildman–Crippen LogP) is 4.90. The molecule has 0 spiro atoms. The minimum absolute atomic E-state index is 0.196. The minimum atomic E-state index is -0.496. The van der Waals surface area contributed by atoms with Gasteiger partial charge in [0.25, 0.3) is 11.1 Å². The number of anilines is 1. The maximum absolute atomic E-state index is 13.0. The fraction of sp³-hybridized carbons (Fsp3) is 0.222. The normalized spacial score (nSPS) is 15.5. The molecule has 3 aromatic rings. The Morgan fingerprint density at radius 1 is 1.08 bits per heavy atom. The third-order valence-corrected chi connectivity index (χ3v) is 6.90. The third kappa shape index (κ3) is 4.92. The second-order valence-electron chi connectivity index (χ2n) is 8.47. The van der Waals surface area contributed by atoms with Crippen molar-refractivity contribution in [3.63, 3.8) is 0 Å². The van der Waals surface area contributed by atoms with Gasteiger partial charge >= 0.3 is 0 Å². The van der Waals surface area contributed by atoms with Gasteiger partial charge in [0.15, 0.2) is 11.5 Å². The molecule has 1 fully saturated rings. The molecule has 2 aromatic carbocycles. The van der Waals surface area contributed by atoms with Crippen LogP contribution in [0.2, 0.25) is 0 Å². The highest BCUT2D eigenvalue weighted by atomic mass is 32.2. The van der Waals surface area contributed by atoms with Crippen LogP contribution in [0.4, 0.5) is 10.5 Å². The number of rotatable bonds is 7. The lowest BCUT2D eigenvalue weighted by Gasteiger charge is -2.13. The van der Waals surface area contributed by atoms with E-state index in [4.69, 9.17) is 14.2 Å². The number of amides is 3. The van der Waals surface area contributed by atoms with Crippen LogP contribution in [0, 0.1) is 13.8 Å². The summed E-state index contributed by atoms with van der Waals surface area (Å²) in [6, 6.07) is 14.5. The number of ether oxygens (including phenoxy) is 3. The van der Waals surface area contributed by atoms with Crippen molar-refractivity contribution in [2.45, 2.75) is 20.8 Å². The number of aromatic nitrogens is 1. The molecule has 190 valence electrons. The molecule has 1 aromatic heterocycles. The Morgan fingerprint density at radius 3 is 2.59 bits per heavy atom. The Morgan fingerprint density at radius 2 is 1.84 bits per heavy atom. The Kier molecular flexibility index (Phi) is 6.66. The molecule has 3 amide bonds. The van der Waals surface area contributed by atoms with Crippen LogP contribution in [0.1, 0.15) is 23.9 Å². The summed E-state index contributed by atoms with van der Waals surface area (Å²) in [4.78, 5) is 39.3. The van der Waals surface area contributed by atoms with Crippen molar-refractivity contribution >= 4 is 40.6 Å². The molecule has 37 heavy (non-hydrogen) atoms. The number of benzene rings is 2. The van der Waals surface area contributed by atoms with E-state index in [1.165, 1.54) is 0 Å². The summed E-state index contributed by atoms with van der Waals surface area (Å²) < 4.78 is 18.3. The van der Waals surface area contributed by atoms with Gasteiger partial charge in [0.1, 0.15) is 12.3 Å². The minimum Gasteiger partial charge on any atom is -0.494 e. The van der Waals surface area contributed by atoms with Crippen LogP contribution >= 0.6 is 11.8 Å². The van der Waals surface area contributed by atoms with E-state index in [0.29, 0.717) is 29.5 Å². The number of fused-ring (bicyclic) bond motifs is 1. The summed E-state index contributed by atoms with van der Waals surface area (Å²) in [6.07, 6.45) is 1.70. The molecule has 3 heterocycles. The molecular formula is C27H25N3O6S. The van der Waals surface area contributed by atoms with Crippen molar-refractivity contribution in [3.8, 4) is 22.9 Å². The number of hydrogen-bond acceptors (Lipinski definition) is 7. The first kappa shape index (κ1) is 24.5.